The Hall–Kier alpha value is -3.73. The number of hydrogen-bond donors (Lipinski definition) is 0. The van der Waals surface area contributed by atoms with Gasteiger partial charge in [0.25, 0.3) is 16.8 Å². The second-order valence-corrected chi connectivity index (χ2v) is 7.55. The monoisotopic (exact) mass is 439 g/mol. The van der Waals surface area contributed by atoms with Crippen LogP contribution in [0, 0.1) is 24.0 Å². The SMILES string of the molecule is Cc1ccc(C)c(OCc2nnc(SCc3nc(-c4cccc([N+](=O)[O-])c4)no3)o2)c1. The van der Waals surface area contributed by atoms with Gasteiger partial charge in [-0.2, -0.15) is 4.98 Å². The van der Waals surface area contributed by atoms with Gasteiger partial charge >= 0.3 is 0 Å². The van der Waals surface area contributed by atoms with Crippen molar-refractivity contribution in [3.05, 3.63) is 75.5 Å². The molecule has 4 rings (SSSR count). The molecule has 2 aromatic heterocycles. The fourth-order valence-electron chi connectivity index (χ4n) is 2.67. The van der Waals surface area contributed by atoms with Gasteiger partial charge < -0.3 is 13.7 Å². The van der Waals surface area contributed by atoms with Gasteiger partial charge in [0.1, 0.15) is 5.75 Å². The molecule has 2 aromatic carbocycles. The number of nitrogens with zero attached hydrogens (tertiary/aromatic N) is 5. The number of aryl methyl sites for hydroxylation is 2. The number of thioether (sulfide) groups is 1. The molecule has 0 saturated carbocycles. The molecule has 2 heterocycles. The number of nitro benzene ring substituents is 1. The van der Waals surface area contributed by atoms with Crippen molar-refractivity contribution in [1.29, 1.82) is 0 Å². The van der Waals surface area contributed by atoms with E-state index in [0.29, 0.717) is 28.3 Å². The summed E-state index contributed by atoms with van der Waals surface area (Å²) in [5, 5.41) is 23.1. The van der Waals surface area contributed by atoms with E-state index in [1.807, 2.05) is 32.0 Å². The Balaban J connectivity index is 1.34. The summed E-state index contributed by atoms with van der Waals surface area (Å²) in [7, 11) is 0. The standard InChI is InChI=1S/C20H17N5O5S/c1-12-6-7-13(2)16(8-12)28-10-17-22-23-20(29-17)31-11-18-21-19(24-30-18)14-4-3-5-15(9-14)25(26)27/h3-9H,10-11H2,1-2H3. The molecule has 11 heteroatoms. The Morgan fingerprint density at radius 3 is 2.84 bits per heavy atom. The quantitative estimate of drug-likeness (QED) is 0.219. The molecular weight excluding hydrogens is 422 g/mol. The zero-order valence-electron chi connectivity index (χ0n) is 16.6. The molecular formula is C20H17N5O5S. The maximum Gasteiger partial charge on any atom is 0.277 e. The highest BCUT2D eigenvalue weighted by Gasteiger charge is 2.15. The minimum atomic E-state index is -0.475. The molecule has 0 spiro atoms. The van der Waals surface area contributed by atoms with E-state index in [1.54, 1.807) is 12.1 Å². The van der Waals surface area contributed by atoms with Crippen LogP contribution in [0.15, 0.2) is 56.6 Å². The number of hydrogen-bond acceptors (Lipinski definition) is 10. The maximum atomic E-state index is 10.9. The summed E-state index contributed by atoms with van der Waals surface area (Å²) in [4.78, 5) is 14.7. The van der Waals surface area contributed by atoms with Gasteiger partial charge in [-0.25, -0.2) is 0 Å². The molecule has 4 aromatic rings. The van der Waals surface area contributed by atoms with E-state index in [0.717, 1.165) is 16.9 Å². The number of benzene rings is 2. The van der Waals surface area contributed by atoms with Crippen molar-refractivity contribution < 1.29 is 18.6 Å². The van der Waals surface area contributed by atoms with Crippen LogP contribution in [-0.4, -0.2) is 25.3 Å². The summed E-state index contributed by atoms with van der Waals surface area (Å²) < 4.78 is 16.6. The van der Waals surface area contributed by atoms with Crippen molar-refractivity contribution in [1.82, 2.24) is 20.3 Å². The summed E-state index contributed by atoms with van der Waals surface area (Å²) in [6.45, 7) is 4.13. The van der Waals surface area contributed by atoms with Gasteiger partial charge in [0.15, 0.2) is 6.61 Å². The topological polar surface area (TPSA) is 130 Å². The lowest BCUT2D eigenvalue weighted by Crippen LogP contribution is -1.97. The zero-order chi connectivity index (χ0) is 21.8. The second-order valence-electron chi connectivity index (χ2n) is 6.63. The third-order valence-corrected chi connectivity index (χ3v) is 5.05. The average molecular weight is 439 g/mol. The predicted octanol–water partition coefficient (Wildman–Crippen LogP) is 4.52. The van der Waals surface area contributed by atoms with Crippen molar-refractivity contribution in [2.75, 3.05) is 0 Å². The smallest absolute Gasteiger partial charge is 0.277 e. The molecule has 31 heavy (non-hydrogen) atoms. The second kappa shape index (κ2) is 8.96. The van der Waals surface area contributed by atoms with Gasteiger partial charge in [-0.05, 0) is 31.0 Å². The van der Waals surface area contributed by atoms with E-state index < -0.39 is 4.92 Å². The highest BCUT2D eigenvalue weighted by molar-refractivity contribution is 7.98. The number of nitro groups is 1. The first kappa shape index (κ1) is 20.5. The molecule has 0 aliphatic heterocycles. The predicted molar refractivity (Wildman–Crippen MR) is 110 cm³/mol. The van der Waals surface area contributed by atoms with E-state index >= 15 is 0 Å². The number of non-ortho nitro benzene ring substituents is 1. The summed E-state index contributed by atoms with van der Waals surface area (Å²) in [5.74, 6) is 2.03. The van der Waals surface area contributed by atoms with Crippen molar-refractivity contribution in [3.63, 3.8) is 0 Å². The summed E-state index contributed by atoms with van der Waals surface area (Å²) >= 11 is 1.24. The molecule has 10 nitrogen and oxygen atoms in total. The van der Waals surface area contributed by atoms with Gasteiger partial charge in [-0.1, -0.05) is 41.2 Å². The van der Waals surface area contributed by atoms with Gasteiger partial charge in [-0.15, -0.1) is 10.2 Å². The van der Waals surface area contributed by atoms with Crippen LogP contribution in [0.2, 0.25) is 0 Å². The molecule has 0 bridgehead atoms. The first-order valence-corrected chi connectivity index (χ1v) is 10.2. The summed E-state index contributed by atoms with van der Waals surface area (Å²) in [6, 6.07) is 12.0. The number of rotatable bonds is 8. The minimum Gasteiger partial charge on any atom is -0.484 e. The van der Waals surface area contributed by atoms with Crippen LogP contribution in [0.3, 0.4) is 0 Å². The molecule has 0 atom stereocenters. The Labute approximate surface area is 180 Å². The Morgan fingerprint density at radius 2 is 2.00 bits per heavy atom. The molecule has 0 amide bonds. The Kier molecular flexibility index (Phi) is 5.94. The average Bonchev–Trinajstić information content (AvgIpc) is 3.42. The normalized spacial score (nSPS) is 10.9. The van der Waals surface area contributed by atoms with E-state index in [-0.39, 0.29) is 18.1 Å². The summed E-state index contributed by atoms with van der Waals surface area (Å²) in [5.41, 5.74) is 2.58. The third-order valence-electron chi connectivity index (χ3n) is 4.25. The lowest BCUT2D eigenvalue weighted by molar-refractivity contribution is -0.384. The number of aromatic nitrogens is 4. The Bertz CT molecular complexity index is 1220. The van der Waals surface area contributed by atoms with Crippen LogP contribution >= 0.6 is 11.8 Å². The zero-order valence-corrected chi connectivity index (χ0v) is 17.5. The fourth-order valence-corrected chi connectivity index (χ4v) is 3.29. The van der Waals surface area contributed by atoms with Crippen LogP contribution in [-0.2, 0) is 12.4 Å². The third kappa shape index (κ3) is 5.07. The Morgan fingerprint density at radius 1 is 1.13 bits per heavy atom. The minimum absolute atomic E-state index is 0.0420. The molecule has 0 unspecified atom stereocenters. The molecule has 0 saturated heterocycles. The van der Waals surface area contributed by atoms with Gasteiger partial charge in [0.2, 0.25) is 11.7 Å². The van der Waals surface area contributed by atoms with E-state index in [1.165, 1.54) is 23.9 Å². The molecule has 0 radical (unpaired) electrons. The van der Waals surface area contributed by atoms with Crippen molar-refractivity contribution in [2.24, 2.45) is 0 Å². The first-order chi connectivity index (χ1) is 15.0. The molecule has 0 fully saturated rings. The van der Waals surface area contributed by atoms with Crippen molar-refractivity contribution >= 4 is 17.4 Å². The van der Waals surface area contributed by atoms with Crippen LogP contribution in [0.25, 0.3) is 11.4 Å². The van der Waals surface area contributed by atoms with Gasteiger partial charge in [0.05, 0.1) is 10.7 Å². The van der Waals surface area contributed by atoms with E-state index in [2.05, 4.69) is 20.3 Å². The largest absolute Gasteiger partial charge is 0.484 e. The maximum absolute atomic E-state index is 10.9. The highest BCUT2D eigenvalue weighted by atomic mass is 32.2. The lowest BCUT2D eigenvalue weighted by Gasteiger charge is -2.07. The van der Waals surface area contributed by atoms with E-state index in [9.17, 15) is 10.1 Å². The molecule has 0 aliphatic carbocycles. The van der Waals surface area contributed by atoms with Gasteiger partial charge in [0, 0.05) is 17.7 Å². The highest BCUT2D eigenvalue weighted by Crippen LogP contribution is 2.25. The molecule has 0 aliphatic rings. The number of ether oxygens (including phenoxy) is 1. The van der Waals surface area contributed by atoms with E-state index in [4.69, 9.17) is 13.7 Å². The summed E-state index contributed by atoms with van der Waals surface area (Å²) in [6.07, 6.45) is 0. The molecule has 0 N–H and O–H groups in total. The van der Waals surface area contributed by atoms with Crippen molar-refractivity contribution in [2.45, 2.75) is 31.4 Å². The fraction of sp³-hybridized carbons (Fsp3) is 0.200. The van der Waals surface area contributed by atoms with Crippen LogP contribution in [0.4, 0.5) is 5.69 Å². The van der Waals surface area contributed by atoms with Crippen LogP contribution in [0.5, 0.6) is 5.75 Å². The van der Waals surface area contributed by atoms with Crippen LogP contribution in [0.1, 0.15) is 22.9 Å². The van der Waals surface area contributed by atoms with Gasteiger partial charge in [-0.3, -0.25) is 10.1 Å². The van der Waals surface area contributed by atoms with Crippen molar-refractivity contribution in [3.8, 4) is 17.1 Å². The molecule has 158 valence electrons. The first-order valence-electron chi connectivity index (χ1n) is 9.20. The lowest BCUT2D eigenvalue weighted by atomic mass is 10.1. The van der Waals surface area contributed by atoms with Crippen LogP contribution < -0.4 is 4.74 Å².